The number of rotatable bonds is 3. The largest absolute Gasteiger partial charge is 0.444 e. The monoisotopic (exact) mass is 336 g/mol. The average Bonchev–Trinajstić information content (AvgIpc) is 3.15. The zero-order chi connectivity index (χ0) is 17.5. The highest BCUT2D eigenvalue weighted by molar-refractivity contribution is 5.87. The Labute approximate surface area is 145 Å². The predicted molar refractivity (Wildman–Crippen MR) is 92.6 cm³/mol. The van der Waals surface area contributed by atoms with Gasteiger partial charge in [0.05, 0.1) is 0 Å². The number of nitrogens with one attached hydrogen (secondary N) is 1. The smallest absolute Gasteiger partial charge is 0.411 e. The molecule has 24 heavy (non-hydrogen) atoms. The van der Waals surface area contributed by atoms with Crippen LogP contribution in [0.4, 0.5) is 4.79 Å². The van der Waals surface area contributed by atoms with Crippen molar-refractivity contribution in [2.24, 2.45) is 11.8 Å². The van der Waals surface area contributed by atoms with Crippen LogP contribution in [0.15, 0.2) is 0 Å². The normalized spacial score (nSPS) is 35.3. The highest BCUT2D eigenvalue weighted by Gasteiger charge is 2.57. The Kier molecular flexibility index (Phi) is 4.80. The zero-order valence-corrected chi connectivity index (χ0v) is 15.5. The van der Waals surface area contributed by atoms with E-state index >= 15 is 0 Å². The Morgan fingerprint density at radius 1 is 1.17 bits per heavy atom. The molecule has 2 aliphatic carbocycles. The quantitative estimate of drug-likeness (QED) is 0.858. The molecule has 1 saturated heterocycles. The number of hydrogen-bond acceptors (Lipinski definition) is 3. The van der Waals surface area contributed by atoms with E-state index < -0.39 is 5.60 Å². The van der Waals surface area contributed by atoms with Gasteiger partial charge in [-0.25, -0.2) is 4.79 Å². The van der Waals surface area contributed by atoms with Crippen molar-refractivity contribution < 1.29 is 14.3 Å². The van der Waals surface area contributed by atoms with E-state index in [4.69, 9.17) is 4.74 Å². The van der Waals surface area contributed by atoms with Crippen molar-refractivity contribution in [3.63, 3.8) is 0 Å². The summed E-state index contributed by atoms with van der Waals surface area (Å²) in [6.07, 6.45) is 7.27. The number of hydrogen-bond donors (Lipinski definition) is 1. The van der Waals surface area contributed by atoms with Gasteiger partial charge in [0, 0.05) is 12.1 Å². The van der Waals surface area contributed by atoms with E-state index in [0.717, 1.165) is 31.6 Å². The minimum absolute atomic E-state index is 0.0230. The Morgan fingerprint density at radius 2 is 1.92 bits per heavy atom. The lowest BCUT2D eigenvalue weighted by atomic mass is 9.84. The summed E-state index contributed by atoms with van der Waals surface area (Å²) in [5, 5.41) is 3.23. The van der Waals surface area contributed by atoms with Gasteiger partial charge in [-0.1, -0.05) is 26.2 Å². The number of likely N-dealkylation sites (tertiary alicyclic amines) is 1. The molecule has 0 radical (unpaired) electrons. The highest BCUT2D eigenvalue weighted by Crippen LogP contribution is 2.48. The maximum absolute atomic E-state index is 12.8. The molecule has 0 aromatic rings. The van der Waals surface area contributed by atoms with Crippen molar-refractivity contribution in [2.75, 3.05) is 0 Å². The van der Waals surface area contributed by atoms with E-state index in [-0.39, 0.29) is 30.1 Å². The van der Waals surface area contributed by atoms with Crippen molar-refractivity contribution in [1.82, 2.24) is 10.2 Å². The van der Waals surface area contributed by atoms with E-state index in [9.17, 15) is 9.59 Å². The first-order valence-corrected chi connectivity index (χ1v) is 9.60. The molecule has 5 heteroatoms. The molecule has 3 rings (SSSR count). The van der Waals surface area contributed by atoms with Gasteiger partial charge in [0.15, 0.2) is 0 Å². The standard InChI is InChI=1S/C19H32N2O3/c1-5-12-7-6-8-14(9-12)20-17(22)16-11-13-10-15(13)21(16)18(23)24-19(2,3)4/h12-16H,5-11H2,1-4H3,(H,20,22)/t12-,13+,14+,15+,16-/m0/s1. The van der Waals surface area contributed by atoms with E-state index in [0.29, 0.717) is 5.92 Å². The SMILES string of the molecule is CC[C@H]1CCC[C@@H](NC(=O)[C@@H]2C[C@H]3C[C@H]3N2C(=O)OC(C)(C)C)C1. The first-order chi connectivity index (χ1) is 11.3. The summed E-state index contributed by atoms with van der Waals surface area (Å²) in [4.78, 5) is 27.0. The van der Waals surface area contributed by atoms with Crippen LogP contribution in [-0.2, 0) is 9.53 Å². The van der Waals surface area contributed by atoms with Crippen LogP contribution in [0.3, 0.4) is 0 Å². The fraction of sp³-hybridized carbons (Fsp3) is 0.895. The zero-order valence-electron chi connectivity index (χ0n) is 15.5. The summed E-state index contributed by atoms with van der Waals surface area (Å²) >= 11 is 0. The molecule has 2 amide bonds. The molecule has 0 spiro atoms. The lowest BCUT2D eigenvalue weighted by Gasteiger charge is -2.33. The molecule has 1 N–H and O–H groups in total. The first kappa shape index (κ1) is 17.6. The summed E-state index contributed by atoms with van der Waals surface area (Å²) < 4.78 is 5.53. The molecule has 1 heterocycles. The number of nitrogens with zero attached hydrogens (tertiary/aromatic N) is 1. The number of carbonyl (C=O) groups excluding carboxylic acids is 2. The molecule has 0 bridgehead atoms. The van der Waals surface area contributed by atoms with Crippen molar-refractivity contribution in [3.05, 3.63) is 0 Å². The van der Waals surface area contributed by atoms with Crippen molar-refractivity contribution in [1.29, 1.82) is 0 Å². The van der Waals surface area contributed by atoms with Gasteiger partial charge in [0.2, 0.25) is 5.91 Å². The van der Waals surface area contributed by atoms with E-state index in [1.807, 2.05) is 20.8 Å². The second-order valence-electron chi connectivity index (χ2n) is 8.85. The Bertz CT molecular complexity index is 499. The molecule has 3 fully saturated rings. The Morgan fingerprint density at radius 3 is 2.58 bits per heavy atom. The minimum atomic E-state index is -0.525. The predicted octanol–water partition coefficient (Wildman–Crippen LogP) is 3.47. The van der Waals surface area contributed by atoms with E-state index in [2.05, 4.69) is 12.2 Å². The van der Waals surface area contributed by atoms with Crippen LogP contribution < -0.4 is 5.32 Å². The van der Waals surface area contributed by atoms with Crippen molar-refractivity contribution in [2.45, 2.75) is 96.4 Å². The molecule has 3 aliphatic rings. The van der Waals surface area contributed by atoms with Crippen LogP contribution in [0.2, 0.25) is 0 Å². The summed E-state index contributed by atoms with van der Waals surface area (Å²) in [5.41, 5.74) is -0.525. The van der Waals surface area contributed by atoms with Gasteiger partial charge in [-0.3, -0.25) is 9.69 Å². The number of fused-ring (bicyclic) bond motifs is 1. The number of piperidine rings is 1. The topological polar surface area (TPSA) is 58.6 Å². The van der Waals surface area contributed by atoms with Gasteiger partial charge < -0.3 is 10.1 Å². The van der Waals surface area contributed by atoms with Crippen LogP contribution in [0.1, 0.15) is 72.6 Å². The fourth-order valence-corrected chi connectivity index (χ4v) is 4.36. The maximum atomic E-state index is 12.8. The van der Waals surface area contributed by atoms with Gasteiger partial charge in [-0.15, -0.1) is 0 Å². The second-order valence-corrected chi connectivity index (χ2v) is 8.85. The van der Waals surface area contributed by atoms with Crippen molar-refractivity contribution in [3.8, 4) is 0 Å². The molecule has 1 aliphatic heterocycles. The number of carbonyl (C=O) groups is 2. The van der Waals surface area contributed by atoms with Gasteiger partial charge >= 0.3 is 6.09 Å². The third-order valence-corrected chi connectivity index (χ3v) is 5.72. The van der Waals surface area contributed by atoms with Crippen LogP contribution >= 0.6 is 0 Å². The summed E-state index contributed by atoms with van der Waals surface area (Å²) in [6, 6.07) is 0.143. The summed E-state index contributed by atoms with van der Waals surface area (Å²) in [7, 11) is 0. The second kappa shape index (κ2) is 6.57. The average molecular weight is 336 g/mol. The third kappa shape index (κ3) is 3.86. The van der Waals surface area contributed by atoms with Gasteiger partial charge in [0.1, 0.15) is 11.6 Å². The van der Waals surface area contributed by atoms with E-state index in [1.54, 1.807) is 4.90 Å². The summed E-state index contributed by atoms with van der Waals surface area (Å²) in [6.45, 7) is 7.83. The van der Waals surface area contributed by atoms with E-state index in [1.165, 1.54) is 19.3 Å². The minimum Gasteiger partial charge on any atom is -0.444 e. The molecule has 136 valence electrons. The molecular weight excluding hydrogens is 304 g/mol. The molecule has 0 aromatic carbocycles. The van der Waals surface area contributed by atoms with Crippen LogP contribution in [0.25, 0.3) is 0 Å². The lowest BCUT2D eigenvalue weighted by Crippen LogP contribution is -2.52. The van der Waals surface area contributed by atoms with Gasteiger partial charge in [0.25, 0.3) is 0 Å². The van der Waals surface area contributed by atoms with Gasteiger partial charge in [-0.2, -0.15) is 0 Å². The molecule has 2 saturated carbocycles. The fourth-order valence-electron chi connectivity index (χ4n) is 4.36. The molecule has 0 unspecified atom stereocenters. The van der Waals surface area contributed by atoms with Crippen LogP contribution in [-0.4, -0.2) is 40.6 Å². The molecule has 5 nitrogen and oxygen atoms in total. The van der Waals surface area contributed by atoms with Gasteiger partial charge in [-0.05, 0) is 58.3 Å². The lowest BCUT2D eigenvalue weighted by molar-refractivity contribution is -0.127. The third-order valence-electron chi connectivity index (χ3n) is 5.72. The van der Waals surface area contributed by atoms with Crippen molar-refractivity contribution >= 4 is 12.0 Å². The maximum Gasteiger partial charge on any atom is 0.411 e. The van der Waals surface area contributed by atoms with Crippen LogP contribution in [0.5, 0.6) is 0 Å². The molecule has 5 atom stereocenters. The Hall–Kier alpha value is -1.26. The first-order valence-electron chi connectivity index (χ1n) is 9.60. The summed E-state index contributed by atoms with van der Waals surface area (Å²) in [5.74, 6) is 1.24. The molecule has 0 aromatic heterocycles. The number of amides is 2. The Balaban J connectivity index is 1.60. The molecular formula is C19H32N2O3. The number of ether oxygens (including phenoxy) is 1. The van der Waals surface area contributed by atoms with Crippen LogP contribution in [0, 0.1) is 11.8 Å². The highest BCUT2D eigenvalue weighted by atomic mass is 16.6.